The van der Waals surface area contributed by atoms with E-state index in [0.29, 0.717) is 16.9 Å². The van der Waals surface area contributed by atoms with Crippen molar-refractivity contribution in [1.29, 1.82) is 0 Å². The molecule has 0 aromatic carbocycles. The Morgan fingerprint density at radius 2 is 2.21 bits per heavy atom. The van der Waals surface area contributed by atoms with E-state index in [4.69, 9.17) is 0 Å². The Morgan fingerprint density at radius 1 is 1.50 bits per heavy atom. The van der Waals surface area contributed by atoms with Gasteiger partial charge in [0.2, 0.25) is 0 Å². The normalized spacial score (nSPS) is 17.9. The van der Waals surface area contributed by atoms with E-state index in [0.717, 1.165) is 6.54 Å². The van der Waals surface area contributed by atoms with Crippen molar-refractivity contribution >= 4 is 5.82 Å². The topological polar surface area (TPSA) is 37.8 Å². The highest BCUT2D eigenvalue weighted by molar-refractivity contribution is 5.35. The summed E-state index contributed by atoms with van der Waals surface area (Å²) in [6.45, 7) is 4.84. The second kappa shape index (κ2) is 3.19. The molecular weight excluding hydrogens is 181 g/mol. The first-order valence-electron chi connectivity index (χ1n) is 4.82. The number of rotatable bonds is 3. The molecule has 0 aliphatic heterocycles. The molecule has 1 aromatic rings. The number of hydrogen-bond donors (Lipinski definition) is 1. The molecule has 1 saturated carbocycles. The van der Waals surface area contributed by atoms with Gasteiger partial charge in [-0.1, -0.05) is 6.92 Å². The van der Waals surface area contributed by atoms with Gasteiger partial charge in [-0.05, 0) is 25.2 Å². The molecule has 0 saturated heterocycles. The van der Waals surface area contributed by atoms with E-state index in [2.05, 4.69) is 22.2 Å². The molecule has 1 aromatic heterocycles. The SMILES string of the molecule is Cc1cc(NCC2(C)CC2)nc(F)n1. The summed E-state index contributed by atoms with van der Waals surface area (Å²) in [4.78, 5) is 7.25. The zero-order chi connectivity index (χ0) is 10.2. The summed E-state index contributed by atoms with van der Waals surface area (Å²) in [6.07, 6.45) is 1.83. The van der Waals surface area contributed by atoms with Crippen molar-refractivity contribution in [3.05, 3.63) is 17.8 Å². The summed E-state index contributed by atoms with van der Waals surface area (Å²) in [5.41, 5.74) is 1.05. The number of halogens is 1. The molecule has 0 radical (unpaired) electrons. The average Bonchev–Trinajstić information content (AvgIpc) is 2.80. The number of anilines is 1. The fourth-order valence-electron chi connectivity index (χ4n) is 1.32. The molecular formula is C10H14FN3. The van der Waals surface area contributed by atoms with Gasteiger partial charge in [0.05, 0.1) is 0 Å². The monoisotopic (exact) mass is 195 g/mol. The molecule has 0 unspecified atom stereocenters. The van der Waals surface area contributed by atoms with Crippen molar-refractivity contribution in [2.24, 2.45) is 5.41 Å². The average molecular weight is 195 g/mol. The Balaban J connectivity index is 2.01. The number of nitrogens with zero attached hydrogens (tertiary/aromatic N) is 2. The molecule has 1 aliphatic carbocycles. The van der Waals surface area contributed by atoms with Crippen molar-refractivity contribution < 1.29 is 4.39 Å². The maximum absolute atomic E-state index is 12.8. The third kappa shape index (κ3) is 2.19. The summed E-state index contributed by atoms with van der Waals surface area (Å²) in [6, 6.07) is 1.76. The third-order valence-corrected chi connectivity index (χ3v) is 2.63. The van der Waals surface area contributed by atoms with Crippen LogP contribution in [-0.2, 0) is 0 Å². The molecule has 76 valence electrons. The minimum atomic E-state index is -0.659. The molecule has 1 heterocycles. The van der Waals surface area contributed by atoms with E-state index < -0.39 is 6.08 Å². The first-order chi connectivity index (χ1) is 6.57. The van der Waals surface area contributed by atoms with Gasteiger partial charge in [-0.15, -0.1) is 0 Å². The van der Waals surface area contributed by atoms with E-state index in [9.17, 15) is 4.39 Å². The van der Waals surface area contributed by atoms with Crippen LogP contribution in [0.3, 0.4) is 0 Å². The summed E-state index contributed by atoms with van der Waals surface area (Å²) in [7, 11) is 0. The quantitative estimate of drug-likeness (QED) is 0.751. The van der Waals surface area contributed by atoms with E-state index in [1.807, 2.05) is 0 Å². The summed E-state index contributed by atoms with van der Waals surface area (Å²) < 4.78 is 12.8. The number of hydrogen-bond acceptors (Lipinski definition) is 3. The Hall–Kier alpha value is -1.19. The highest BCUT2D eigenvalue weighted by Crippen LogP contribution is 2.44. The molecule has 1 N–H and O–H groups in total. The van der Waals surface area contributed by atoms with Crippen molar-refractivity contribution in [1.82, 2.24) is 9.97 Å². The van der Waals surface area contributed by atoms with Gasteiger partial charge in [-0.3, -0.25) is 0 Å². The van der Waals surface area contributed by atoms with Gasteiger partial charge in [0.15, 0.2) is 0 Å². The van der Waals surface area contributed by atoms with Crippen LogP contribution in [0.25, 0.3) is 0 Å². The van der Waals surface area contributed by atoms with Gasteiger partial charge in [0.1, 0.15) is 5.82 Å². The molecule has 0 spiro atoms. The lowest BCUT2D eigenvalue weighted by molar-refractivity contribution is 0.534. The van der Waals surface area contributed by atoms with Crippen LogP contribution in [0.5, 0.6) is 0 Å². The lowest BCUT2D eigenvalue weighted by atomic mass is 10.1. The molecule has 0 bridgehead atoms. The first-order valence-corrected chi connectivity index (χ1v) is 4.82. The van der Waals surface area contributed by atoms with Crippen LogP contribution in [0, 0.1) is 18.4 Å². The van der Waals surface area contributed by atoms with Crippen molar-refractivity contribution in [3.63, 3.8) is 0 Å². The molecule has 0 amide bonds. The van der Waals surface area contributed by atoms with Crippen molar-refractivity contribution in [2.45, 2.75) is 26.7 Å². The molecule has 2 rings (SSSR count). The fourth-order valence-corrected chi connectivity index (χ4v) is 1.32. The van der Waals surface area contributed by atoms with Gasteiger partial charge in [-0.2, -0.15) is 9.37 Å². The Kier molecular flexibility index (Phi) is 2.13. The van der Waals surface area contributed by atoms with Gasteiger partial charge in [0, 0.05) is 18.3 Å². The van der Waals surface area contributed by atoms with Crippen LogP contribution in [0.15, 0.2) is 6.07 Å². The maximum atomic E-state index is 12.8. The molecule has 0 atom stereocenters. The zero-order valence-corrected chi connectivity index (χ0v) is 8.47. The first kappa shape index (κ1) is 9.37. The Bertz CT molecular complexity index is 327. The summed E-state index contributed by atoms with van der Waals surface area (Å²) in [5, 5.41) is 3.14. The smallest absolute Gasteiger partial charge is 0.310 e. The van der Waals surface area contributed by atoms with Crippen LogP contribution in [0.1, 0.15) is 25.5 Å². The van der Waals surface area contributed by atoms with E-state index in [1.165, 1.54) is 12.8 Å². The van der Waals surface area contributed by atoms with Gasteiger partial charge in [-0.25, -0.2) is 4.98 Å². The van der Waals surface area contributed by atoms with Gasteiger partial charge >= 0.3 is 6.08 Å². The Morgan fingerprint density at radius 3 is 2.79 bits per heavy atom. The largest absolute Gasteiger partial charge is 0.369 e. The van der Waals surface area contributed by atoms with Gasteiger partial charge < -0.3 is 5.32 Å². The minimum absolute atomic E-state index is 0.398. The Labute approximate surface area is 82.8 Å². The second-order valence-electron chi connectivity index (χ2n) is 4.33. The van der Waals surface area contributed by atoms with Crippen LogP contribution < -0.4 is 5.32 Å². The highest BCUT2D eigenvalue weighted by atomic mass is 19.1. The zero-order valence-electron chi connectivity index (χ0n) is 8.47. The molecule has 1 aliphatic rings. The number of nitrogens with one attached hydrogen (secondary N) is 1. The highest BCUT2D eigenvalue weighted by Gasteiger charge is 2.36. The van der Waals surface area contributed by atoms with Crippen LogP contribution >= 0.6 is 0 Å². The number of aromatic nitrogens is 2. The van der Waals surface area contributed by atoms with Gasteiger partial charge in [0.25, 0.3) is 0 Å². The van der Waals surface area contributed by atoms with E-state index in [-0.39, 0.29) is 0 Å². The van der Waals surface area contributed by atoms with Crippen LogP contribution in [0.4, 0.5) is 10.2 Å². The molecule has 4 heteroatoms. The van der Waals surface area contributed by atoms with Crippen LogP contribution in [0.2, 0.25) is 0 Å². The minimum Gasteiger partial charge on any atom is -0.369 e. The maximum Gasteiger partial charge on any atom is 0.310 e. The van der Waals surface area contributed by atoms with Crippen LogP contribution in [-0.4, -0.2) is 16.5 Å². The lowest BCUT2D eigenvalue weighted by Crippen LogP contribution is -2.13. The summed E-state index contributed by atoms with van der Waals surface area (Å²) in [5.74, 6) is 0.586. The van der Waals surface area contributed by atoms with Crippen molar-refractivity contribution in [2.75, 3.05) is 11.9 Å². The third-order valence-electron chi connectivity index (χ3n) is 2.63. The molecule has 1 fully saturated rings. The standard InChI is InChI=1S/C10H14FN3/c1-7-5-8(14-9(11)13-7)12-6-10(2)3-4-10/h5H,3-4,6H2,1-2H3,(H,12,13,14). The van der Waals surface area contributed by atoms with Crippen molar-refractivity contribution in [3.8, 4) is 0 Å². The van der Waals surface area contributed by atoms with E-state index >= 15 is 0 Å². The number of aryl methyl sites for hydroxylation is 1. The second-order valence-corrected chi connectivity index (χ2v) is 4.33. The van der Waals surface area contributed by atoms with E-state index in [1.54, 1.807) is 13.0 Å². The lowest BCUT2D eigenvalue weighted by Gasteiger charge is -2.10. The predicted octanol–water partition coefficient (Wildman–Crippen LogP) is 2.14. The fraction of sp³-hybridized carbons (Fsp3) is 0.600. The predicted molar refractivity (Wildman–Crippen MR) is 52.6 cm³/mol. The molecule has 14 heavy (non-hydrogen) atoms. The summed E-state index contributed by atoms with van der Waals surface area (Å²) >= 11 is 0. The molecule has 3 nitrogen and oxygen atoms in total.